The summed E-state index contributed by atoms with van der Waals surface area (Å²) < 4.78 is 0. The van der Waals surface area contributed by atoms with Crippen molar-refractivity contribution in [2.24, 2.45) is 0 Å². The highest BCUT2D eigenvalue weighted by atomic mass is 32.1. The summed E-state index contributed by atoms with van der Waals surface area (Å²) in [6.07, 6.45) is 0. The Hall–Kier alpha value is -1.89. The quantitative estimate of drug-likeness (QED) is 0.704. The van der Waals surface area contributed by atoms with Gasteiger partial charge in [0, 0.05) is 11.4 Å². The number of hydrogen-bond donors (Lipinski definition) is 3. The fourth-order valence-electron chi connectivity index (χ4n) is 1.07. The van der Waals surface area contributed by atoms with Gasteiger partial charge in [0.15, 0.2) is 5.13 Å². The number of aromatic nitrogens is 3. The summed E-state index contributed by atoms with van der Waals surface area (Å²) in [6.45, 7) is 1.92. The Bertz CT molecular complexity index is 459. The molecule has 0 aliphatic carbocycles. The Morgan fingerprint density at radius 2 is 2.07 bits per heavy atom. The molecular formula is C8H10N6S. The maximum atomic E-state index is 5.53. The number of rotatable bonds is 2. The summed E-state index contributed by atoms with van der Waals surface area (Å²) >= 11 is 1.49. The number of nitrogens with one attached hydrogen (secondary N) is 1. The minimum absolute atomic E-state index is 0.144. The lowest BCUT2D eigenvalue weighted by Gasteiger charge is -2.02. The Balaban J connectivity index is 2.24. The minimum atomic E-state index is 0.144. The van der Waals surface area contributed by atoms with E-state index >= 15 is 0 Å². The second-order valence-corrected chi connectivity index (χ2v) is 3.81. The summed E-state index contributed by atoms with van der Waals surface area (Å²) in [6, 6.07) is 1.60. The topological polar surface area (TPSA) is 103 Å². The largest absolute Gasteiger partial charge is 0.383 e. The molecule has 2 aromatic rings. The highest BCUT2D eigenvalue weighted by Gasteiger charge is 2.02. The van der Waals surface area contributed by atoms with Crippen molar-refractivity contribution in [1.29, 1.82) is 0 Å². The molecule has 0 bridgehead atoms. The minimum Gasteiger partial charge on any atom is -0.383 e. The predicted octanol–water partition coefficient (Wildman–Crippen LogP) is 1.15. The van der Waals surface area contributed by atoms with Crippen molar-refractivity contribution in [3.8, 4) is 0 Å². The van der Waals surface area contributed by atoms with Gasteiger partial charge in [-0.25, -0.2) is 4.98 Å². The van der Waals surface area contributed by atoms with Crippen LogP contribution < -0.4 is 16.8 Å². The molecule has 0 amide bonds. The number of thiazole rings is 1. The van der Waals surface area contributed by atoms with E-state index in [1.165, 1.54) is 11.3 Å². The van der Waals surface area contributed by atoms with Gasteiger partial charge in [-0.3, -0.25) is 0 Å². The van der Waals surface area contributed by atoms with E-state index in [2.05, 4.69) is 20.3 Å². The third-order valence-electron chi connectivity index (χ3n) is 1.62. The van der Waals surface area contributed by atoms with Crippen LogP contribution in [0.3, 0.4) is 0 Å². The van der Waals surface area contributed by atoms with Crippen LogP contribution in [-0.4, -0.2) is 15.0 Å². The molecule has 0 aliphatic rings. The molecule has 0 saturated carbocycles. The van der Waals surface area contributed by atoms with E-state index in [9.17, 15) is 0 Å². The fourth-order valence-corrected chi connectivity index (χ4v) is 1.77. The van der Waals surface area contributed by atoms with Crippen LogP contribution in [0.5, 0.6) is 0 Å². The second-order valence-electron chi connectivity index (χ2n) is 2.96. The van der Waals surface area contributed by atoms with Gasteiger partial charge in [0.25, 0.3) is 0 Å². The zero-order valence-electron chi connectivity index (χ0n) is 8.06. The molecule has 6 nitrogen and oxygen atoms in total. The summed E-state index contributed by atoms with van der Waals surface area (Å²) in [4.78, 5) is 12.0. The maximum absolute atomic E-state index is 5.53. The van der Waals surface area contributed by atoms with Gasteiger partial charge in [-0.2, -0.15) is 9.97 Å². The van der Waals surface area contributed by atoms with Crippen LogP contribution in [0.1, 0.15) is 5.69 Å². The molecule has 5 N–H and O–H groups in total. The molecular weight excluding hydrogens is 212 g/mol. The van der Waals surface area contributed by atoms with Crippen LogP contribution in [0.25, 0.3) is 0 Å². The van der Waals surface area contributed by atoms with Gasteiger partial charge in [0.1, 0.15) is 11.6 Å². The van der Waals surface area contributed by atoms with Gasteiger partial charge in [0.2, 0.25) is 5.95 Å². The van der Waals surface area contributed by atoms with Crippen molar-refractivity contribution in [3.05, 3.63) is 17.1 Å². The van der Waals surface area contributed by atoms with E-state index in [1.807, 2.05) is 12.3 Å². The smallest absolute Gasteiger partial charge is 0.223 e. The van der Waals surface area contributed by atoms with Gasteiger partial charge in [-0.1, -0.05) is 0 Å². The van der Waals surface area contributed by atoms with Crippen molar-refractivity contribution < 1.29 is 0 Å². The number of nitrogen functional groups attached to an aromatic ring is 2. The molecule has 0 saturated heterocycles. The lowest BCUT2D eigenvalue weighted by atomic mass is 10.5. The van der Waals surface area contributed by atoms with Gasteiger partial charge in [0.05, 0.1) is 5.69 Å². The Morgan fingerprint density at radius 1 is 1.27 bits per heavy atom. The van der Waals surface area contributed by atoms with E-state index in [-0.39, 0.29) is 5.95 Å². The molecule has 0 fully saturated rings. The normalized spacial score (nSPS) is 10.2. The van der Waals surface area contributed by atoms with Gasteiger partial charge in [-0.05, 0) is 6.92 Å². The molecule has 78 valence electrons. The van der Waals surface area contributed by atoms with Crippen LogP contribution in [0, 0.1) is 6.92 Å². The molecule has 0 radical (unpaired) electrons. The number of hydrogen-bond acceptors (Lipinski definition) is 7. The Morgan fingerprint density at radius 3 is 2.67 bits per heavy atom. The van der Waals surface area contributed by atoms with Crippen molar-refractivity contribution in [3.63, 3.8) is 0 Å². The molecule has 2 aromatic heterocycles. The molecule has 0 aliphatic heterocycles. The van der Waals surface area contributed by atoms with Crippen molar-refractivity contribution >= 4 is 34.1 Å². The average molecular weight is 222 g/mol. The summed E-state index contributed by atoms with van der Waals surface area (Å²) in [5.74, 6) is 1.03. The maximum Gasteiger partial charge on any atom is 0.223 e. The molecule has 0 unspecified atom stereocenters. The lowest BCUT2D eigenvalue weighted by molar-refractivity contribution is 1.18. The van der Waals surface area contributed by atoms with Crippen molar-refractivity contribution in [1.82, 2.24) is 15.0 Å². The van der Waals surface area contributed by atoms with Gasteiger partial charge >= 0.3 is 0 Å². The summed E-state index contributed by atoms with van der Waals surface area (Å²) in [7, 11) is 0. The van der Waals surface area contributed by atoms with Crippen LogP contribution in [-0.2, 0) is 0 Å². The lowest BCUT2D eigenvalue weighted by Crippen LogP contribution is -2.02. The Kier molecular flexibility index (Phi) is 2.38. The number of anilines is 4. The highest BCUT2D eigenvalue weighted by molar-refractivity contribution is 7.13. The standard InChI is InChI=1S/C8H10N6S/c1-4-3-15-8(11-4)14-6-2-5(9)12-7(10)13-6/h2-3H,1H3,(H5,9,10,11,12,13,14). The highest BCUT2D eigenvalue weighted by Crippen LogP contribution is 2.20. The van der Waals surface area contributed by atoms with E-state index in [4.69, 9.17) is 11.5 Å². The number of nitrogens with two attached hydrogens (primary N) is 2. The third kappa shape index (κ3) is 2.32. The molecule has 7 heteroatoms. The second kappa shape index (κ2) is 3.70. The monoisotopic (exact) mass is 222 g/mol. The fraction of sp³-hybridized carbons (Fsp3) is 0.125. The predicted molar refractivity (Wildman–Crippen MR) is 61.0 cm³/mol. The molecule has 2 rings (SSSR count). The van der Waals surface area contributed by atoms with Crippen molar-refractivity contribution in [2.75, 3.05) is 16.8 Å². The van der Waals surface area contributed by atoms with Gasteiger partial charge < -0.3 is 16.8 Å². The van der Waals surface area contributed by atoms with Crippen LogP contribution in [0.15, 0.2) is 11.4 Å². The van der Waals surface area contributed by atoms with Crippen LogP contribution in [0.2, 0.25) is 0 Å². The van der Waals surface area contributed by atoms with Crippen molar-refractivity contribution in [2.45, 2.75) is 6.92 Å². The molecule has 0 aromatic carbocycles. The van der Waals surface area contributed by atoms with E-state index in [0.717, 1.165) is 10.8 Å². The first-order valence-corrected chi connectivity index (χ1v) is 5.10. The SMILES string of the molecule is Cc1csc(Nc2cc(N)nc(N)n2)n1. The zero-order valence-corrected chi connectivity index (χ0v) is 8.88. The van der Waals surface area contributed by atoms with E-state index < -0.39 is 0 Å². The third-order valence-corrected chi connectivity index (χ3v) is 2.49. The number of nitrogens with zero attached hydrogens (tertiary/aromatic N) is 3. The first-order chi connectivity index (χ1) is 7.13. The first kappa shape index (κ1) is 9.66. The van der Waals surface area contributed by atoms with Gasteiger partial charge in [-0.15, -0.1) is 11.3 Å². The zero-order chi connectivity index (χ0) is 10.8. The van der Waals surface area contributed by atoms with E-state index in [0.29, 0.717) is 11.6 Å². The first-order valence-electron chi connectivity index (χ1n) is 4.22. The molecule has 0 spiro atoms. The molecule has 0 atom stereocenters. The van der Waals surface area contributed by atoms with E-state index in [1.54, 1.807) is 6.07 Å². The summed E-state index contributed by atoms with van der Waals surface area (Å²) in [5, 5.41) is 5.70. The molecule has 2 heterocycles. The molecule has 15 heavy (non-hydrogen) atoms. The average Bonchev–Trinajstić information content (AvgIpc) is 2.49. The summed E-state index contributed by atoms with van der Waals surface area (Å²) in [5.41, 5.74) is 11.9. The van der Waals surface area contributed by atoms with Crippen LogP contribution >= 0.6 is 11.3 Å². The Labute approximate surface area is 90.4 Å². The van der Waals surface area contributed by atoms with Crippen LogP contribution in [0.4, 0.5) is 22.7 Å². The number of aryl methyl sites for hydroxylation is 1.